The van der Waals surface area contributed by atoms with Crippen LogP contribution in [-0.2, 0) is 9.53 Å². The van der Waals surface area contributed by atoms with Gasteiger partial charge in [-0.25, -0.2) is 0 Å². The highest BCUT2D eigenvalue weighted by atomic mass is 16.5. The molecule has 0 aromatic heterocycles. The number of carbonyl (C=O) groups is 1. The zero-order valence-corrected chi connectivity index (χ0v) is 8.12. The van der Waals surface area contributed by atoms with Gasteiger partial charge >= 0.3 is 5.97 Å². The van der Waals surface area contributed by atoms with Gasteiger partial charge in [-0.15, -0.1) is 0 Å². The number of aliphatic hydroxyl groups is 1. The monoisotopic (exact) mass is 184 g/mol. The number of aliphatic hydroxyl groups excluding tert-OH is 1. The molecule has 0 saturated heterocycles. The Kier molecular flexibility index (Phi) is 1.88. The van der Waals surface area contributed by atoms with Crippen molar-refractivity contribution >= 4 is 5.97 Å². The van der Waals surface area contributed by atoms with E-state index in [0.717, 1.165) is 6.42 Å². The molecule has 0 aromatic rings. The first kappa shape index (κ1) is 9.00. The molecule has 0 radical (unpaired) electrons. The molecule has 2 aliphatic rings. The molecule has 0 heterocycles. The van der Waals surface area contributed by atoms with Gasteiger partial charge in [0.1, 0.15) is 0 Å². The molecule has 13 heavy (non-hydrogen) atoms. The van der Waals surface area contributed by atoms with E-state index in [9.17, 15) is 9.90 Å². The summed E-state index contributed by atoms with van der Waals surface area (Å²) in [5.41, 5.74) is 0.0473. The maximum atomic E-state index is 11.5. The van der Waals surface area contributed by atoms with Crippen molar-refractivity contribution in [1.82, 2.24) is 0 Å². The van der Waals surface area contributed by atoms with E-state index in [4.69, 9.17) is 4.74 Å². The van der Waals surface area contributed by atoms with Crippen molar-refractivity contribution in [2.24, 2.45) is 17.3 Å². The molecule has 0 amide bonds. The third-order valence-electron chi connectivity index (χ3n) is 3.66. The predicted molar refractivity (Wildman–Crippen MR) is 47.0 cm³/mol. The van der Waals surface area contributed by atoms with Gasteiger partial charge < -0.3 is 9.84 Å². The van der Waals surface area contributed by atoms with Gasteiger partial charge in [0.2, 0.25) is 0 Å². The van der Waals surface area contributed by atoms with Crippen molar-refractivity contribution in [2.45, 2.75) is 32.8 Å². The minimum Gasteiger partial charge on any atom is -0.466 e. The van der Waals surface area contributed by atoms with E-state index in [1.807, 2.05) is 6.92 Å². The molecule has 3 heteroatoms. The SMILES string of the molecule is CCOC(=O)[C@H]1C[C@@H](O)[C@H]2C[C@@]12C. The molecule has 2 rings (SSSR count). The Labute approximate surface area is 78.1 Å². The summed E-state index contributed by atoms with van der Waals surface area (Å²) >= 11 is 0. The lowest BCUT2D eigenvalue weighted by Gasteiger charge is -2.16. The highest BCUT2D eigenvalue weighted by Gasteiger charge is 2.66. The molecule has 0 spiro atoms. The van der Waals surface area contributed by atoms with E-state index >= 15 is 0 Å². The fourth-order valence-corrected chi connectivity index (χ4v) is 2.67. The Hall–Kier alpha value is -0.570. The Morgan fingerprint density at radius 2 is 2.38 bits per heavy atom. The zero-order valence-electron chi connectivity index (χ0n) is 8.12. The Bertz CT molecular complexity index is 238. The number of fused-ring (bicyclic) bond motifs is 1. The number of carbonyl (C=O) groups excluding carboxylic acids is 1. The van der Waals surface area contributed by atoms with Gasteiger partial charge in [0.25, 0.3) is 0 Å². The fraction of sp³-hybridized carbons (Fsp3) is 0.900. The first-order valence-corrected chi connectivity index (χ1v) is 4.94. The van der Waals surface area contributed by atoms with Crippen LogP contribution in [0.15, 0.2) is 0 Å². The van der Waals surface area contributed by atoms with Gasteiger partial charge in [-0.3, -0.25) is 4.79 Å². The van der Waals surface area contributed by atoms with Gasteiger partial charge in [-0.2, -0.15) is 0 Å². The lowest BCUT2D eigenvalue weighted by molar-refractivity contribution is -0.150. The van der Waals surface area contributed by atoms with Crippen molar-refractivity contribution in [3.05, 3.63) is 0 Å². The fourth-order valence-electron chi connectivity index (χ4n) is 2.67. The van der Waals surface area contributed by atoms with Crippen LogP contribution in [-0.4, -0.2) is 23.8 Å². The normalized spacial score (nSPS) is 47.2. The number of rotatable bonds is 2. The first-order valence-electron chi connectivity index (χ1n) is 4.94. The van der Waals surface area contributed by atoms with E-state index in [2.05, 4.69) is 6.92 Å². The second-order valence-electron chi connectivity index (χ2n) is 4.42. The maximum Gasteiger partial charge on any atom is 0.309 e. The van der Waals surface area contributed by atoms with Crippen molar-refractivity contribution in [3.63, 3.8) is 0 Å². The number of hydrogen-bond acceptors (Lipinski definition) is 3. The molecule has 0 aromatic carbocycles. The van der Waals surface area contributed by atoms with Crippen LogP contribution in [0.1, 0.15) is 26.7 Å². The zero-order chi connectivity index (χ0) is 9.64. The van der Waals surface area contributed by atoms with Crippen LogP contribution >= 0.6 is 0 Å². The summed E-state index contributed by atoms with van der Waals surface area (Å²) in [7, 11) is 0. The van der Waals surface area contributed by atoms with E-state index in [0.29, 0.717) is 18.9 Å². The molecule has 2 fully saturated rings. The number of ether oxygens (including phenoxy) is 1. The third-order valence-corrected chi connectivity index (χ3v) is 3.66. The van der Waals surface area contributed by atoms with E-state index in [1.165, 1.54) is 0 Å². The lowest BCUT2D eigenvalue weighted by Crippen LogP contribution is -2.23. The van der Waals surface area contributed by atoms with E-state index in [-0.39, 0.29) is 23.4 Å². The number of hydrogen-bond donors (Lipinski definition) is 1. The molecule has 0 bridgehead atoms. The van der Waals surface area contributed by atoms with Gasteiger partial charge in [0.15, 0.2) is 0 Å². The maximum absolute atomic E-state index is 11.5. The van der Waals surface area contributed by atoms with Gasteiger partial charge in [-0.1, -0.05) is 6.92 Å². The van der Waals surface area contributed by atoms with Crippen LogP contribution in [0.25, 0.3) is 0 Å². The van der Waals surface area contributed by atoms with Crippen LogP contribution < -0.4 is 0 Å². The largest absolute Gasteiger partial charge is 0.466 e. The minimum atomic E-state index is -0.278. The summed E-state index contributed by atoms with van der Waals surface area (Å²) in [4.78, 5) is 11.5. The standard InChI is InChI=1S/C10H16O3/c1-3-13-9(12)6-4-8(11)7-5-10(6,7)2/h6-8,11H,3-5H2,1-2H3/t6-,7-,8-,10+/m1/s1. The lowest BCUT2D eigenvalue weighted by atomic mass is 9.92. The van der Waals surface area contributed by atoms with E-state index < -0.39 is 0 Å². The Morgan fingerprint density at radius 3 is 2.77 bits per heavy atom. The molecule has 0 unspecified atom stereocenters. The molecule has 2 aliphatic carbocycles. The van der Waals surface area contributed by atoms with Crippen molar-refractivity contribution < 1.29 is 14.6 Å². The molecular formula is C10H16O3. The molecule has 4 atom stereocenters. The van der Waals surface area contributed by atoms with Crippen LogP contribution in [0, 0.1) is 17.3 Å². The molecule has 3 nitrogen and oxygen atoms in total. The predicted octanol–water partition coefficient (Wildman–Crippen LogP) is 0.957. The number of esters is 1. The summed E-state index contributed by atoms with van der Waals surface area (Å²) in [6, 6.07) is 0. The van der Waals surface area contributed by atoms with Gasteiger partial charge in [-0.05, 0) is 31.1 Å². The van der Waals surface area contributed by atoms with Gasteiger partial charge in [0.05, 0.1) is 18.6 Å². The van der Waals surface area contributed by atoms with Crippen LogP contribution in [0.2, 0.25) is 0 Å². The summed E-state index contributed by atoms with van der Waals surface area (Å²) in [6.07, 6.45) is 1.30. The van der Waals surface area contributed by atoms with Crippen LogP contribution in [0.3, 0.4) is 0 Å². The summed E-state index contributed by atoms with van der Waals surface area (Å²) in [6.45, 7) is 4.33. The van der Waals surface area contributed by atoms with Crippen LogP contribution in [0.4, 0.5) is 0 Å². The second-order valence-corrected chi connectivity index (χ2v) is 4.42. The summed E-state index contributed by atoms with van der Waals surface area (Å²) < 4.78 is 4.99. The topological polar surface area (TPSA) is 46.5 Å². The van der Waals surface area contributed by atoms with Crippen molar-refractivity contribution in [1.29, 1.82) is 0 Å². The molecule has 74 valence electrons. The summed E-state index contributed by atoms with van der Waals surface area (Å²) in [5.74, 6) is 0.165. The highest BCUT2D eigenvalue weighted by Crippen LogP contribution is 2.66. The van der Waals surface area contributed by atoms with E-state index in [1.54, 1.807) is 0 Å². The van der Waals surface area contributed by atoms with Crippen molar-refractivity contribution in [2.75, 3.05) is 6.61 Å². The molecule has 1 N–H and O–H groups in total. The Balaban J connectivity index is 2.05. The third kappa shape index (κ3) is 1.17. The molecular weight excluding hydrogens is 168 g/mol. The van der Waals surface area contributed by atoms with Crippen LogP contribution in [0.5, 0.6) is 0 Å². The quantitative estimate of drug-likeness (QED) is 0.650. The molecule has 0 aliphatic heterocycles. The van der Waals surface area contributed by atoms with Gasteiger partial charge in [0, 0.05) is 0 Å². The average molecular weight is 184 g/mol. The first-order chi connectivity index (χ1) is 6.09. The smallest absolute Gasteiger partial charge is 0.309 e. The summed E-state index contributed by atoms with van der Waals surface area (Å²) in [5, 5.41) is 9.58. The minimum absolute atomic E-state index is 0.0473. The highest BCUT2D eigenvalue weighted by molar-refractivity contribution is 5.75. The average Bonchev–Trinajstić information content (AvgIpc) is 2.68. The molecule has 2 saturated carbocycles. The van der Waals surface area contributed by atoms with Crippen molar-refractivity contribution in [3.8, 4) is 0 Å². The Morgan fingerprint density at radius 1 is 1.69 bits per heavy atom. The second kappa shape index (κ2) is 2.71.